The van der Waals surface area contributed by atoms with E-state index in [0.717, 1.165) is 17.6 Å². The minimum atomic E-state index is -1.17. The maximum Gasteiger partial charge on any atom is 0.251 e. The molecule has 0 bridgehead atoms. The molecule has 7 atom stereocenters. The van der Waals surface area contributed by atoms with E-state index in [9.17, 15) is 29.4 Å². The van der Waals surface area contributed by atoms with Gasteiger partial charge >= 0.3 is 0 Å². The third kappa shape index (κ3) is 4.96. The molecule has 3 fully saturated rings. The molecular formula is C21H36N6O6. The lowest BCUT2D eigenvalue weighted by atomic mass is 9.86. The summed E-state index contributed by atoms with van der Waals surface area (Å²) in [6, 6.07) is -2.59. The van der Waals surface area contributed by atoms with Crippen LogP contribution >= 0.6 is 0 Å². The Bertz CT molecular complexity index is 787. The lowest BCUT2D eigenvalue weighted by Crippen LogP contribution is -2.75. The SMILES string of the molecule is CC(O)C(N)C(=O)N1CC2(CCC(CC(O)C(N)C(=O)N(C)CC3(C=O)CCCN3)N2)C1=O. The fourth-order valence-electron chi connectivity index (χ4n) is 5.03. The van der Waals surface area contributed by atoms with E-state index < -0.39 is 53.1 Å². The summed E-state index contributed by atoms with van der Waals surface area (Å²) in [4.78, 5) is 51.6. The number of β-lactam (4-membered cyclic amide) rings is 1. The van der Waals surface area contributed by atoms with Crippen LogP contribution in [-0.4, -0.2) is 112 Å². The number of amides is 3. The van der Waals surface area contributed by atoms with Crippen LogP contribution in [0.2, 0.25) is 0 Å². The molecule has 0 radical (unpaired) electrons. The molecule has 3 aliphatic rings. The van der Waals surface area contributed by atoms with Gasteiger partial charge in [-0.3, -0.25) is 24.6 Å². The Kier molecular flexibility index (Phi) is 7.56. The van der Waals surface area contributed by atoms with Crippen molar-refractivity contribution >= 4 is 24.0 Å². The van der Waals surface area contributed by atoms with Crippen molar-refractivity contribution in [2.75, 3.05) is 26.7 Å². The van der Waals surface area contributed by atoms with E-state index in [4.69, 9.17) is 11.5 Å². The van der Waals surface area contributed by atoms with Gasteiger partial charge < -0.3 is 36.7 Å². The molecule has 33 heavy (non-hydrogen) atoms. The summed E-state index contributed by atoms with van der Waals surface area (Å²) in [6.07, 6.45) is 1.30. The number of carbonyl (C=O) groups excluding carboxylic acids is 4. The molecule has 0 aromatic carbocycles. The Morgan fingerprint density at radius 3 is 2.55 bits per heavy atom. The number of likely N-dealkylation sites (N-methyl/N-ethyl adjacent to an activating group) is 1. The number of nitrogens with one attached hydrogen (secondary N) is 2. The number of hydrogen-bond acceptors (Lipinski definition) is 10. The molecule has 12 nitrogen and oxygen atoms in total. The van der Waals surface area contributed by atoms with Crippen molar-refractivity contribution in [2.24, 2.45) is 11.5 Å². The molecule has 0 aromatic heterocycles. The maximum absolute atomic E-state index is 12.7. The number of rotatable bonds is 9. The summed E-state index contributed by atoms with van der Waals surface area (Å²) >= 11 is 0. The lowest BCUT2D eigenvalue weighted by Gasteiger charge is -2.46. The fourth-order valence-corrected chi connectivity index (χ4v) is 5.03. The maximum atomic E-state index is 12.7. The highest BCUT2D eigenvalue weighted by atomic mass is 16.3. The number of carbonyl (C=O) groups is 4. The van der Waals surface area contributed by atoms with Crippen molar-refractivity contribution in [3.05, 3.63) is 0 Å². The molecule has 3 saturated heterocycles. The Morgan fingerprint density at radius 1 is 1.30 bits per heavy atom. The molecule has 12 heteroatoms. The monoisotopic (exact) mass is 468 g/mol. The number of likely N-dealkylation sites (tertiary alicyclic amines) is 1. The van der Waals surface area contributed by atoms with Crippen LogP contribution in [0.25, 0.3) is 0 Å². The van der Waals surface area contributed by atoms with Gasteiger partial charge in [-0.05, 0) is 45.6 Å². The summed E-state index contributed by atoms with van der Waals surface area (Å²) in [7, 11) is 1.56. The quantitative estimate of drug-likeness (QED) is 0.146. The van der Waals surface area contributed by atoms with Gasteiger partial charge in [0.1, 0.15) is 23.9 Å². The van der Waals surface area contributed by atoms with E-state index in [1.165, 1.54) is 11.8 Å². The standard InChI is InChI=1S/C21H36N6O6/c1-12(29)15(22)18(32)27-10-21(19(27)33)6-4-13(25-21)8-14(30)16(23)17(31)26(2)9-20(11-28)5-3-7-24-20/h11-16,24-25,29-30H,3-10,22-23H2,1-2H3. The van der Waals surface area contributed by atoms with E-state index in [2.05, 4.69) is 10.6 Å². The van der Waals surface area contributed by atoms with Crippen LogP contribution in [0.3, 0.4) is 0 Å². The first-order valence-corrected chi connectivity index (χ1v) is 11.4. The number of aldehydes is 1. The molecule has 3 aliphatic heterocycles. The summed E-state index contributed by atoms with van der Waals surface area (Å²) < 4.78 is 0. The molecule has 7 unspecified atom stereocenters. The van der Waals surface area contributed by atoms with Crippen LogP contribution in [-0.2, 0) is 19.2 Å². The first-order chi connectivity index (χ1) is 15.4. The Labute approximate surface area is 193 Å². The van der Waals surface area contributed by atoms with Crippen LogP contribution in [0.4, 0.5) is 0 Å². The lowest BCUT2D eigenvalue weighted by molar-refractivity contribution is -0.164. The number of nitrogens with two attached hydrogens (primary N) is 2. The highest BCUT2D eigenvalue weighted by Gasteiger charge is 2.58. The molecule has 186 valence electrons. The number of imide groups is 1. The molecular weight excluding hydrogens is 432 g/mol. The second kappa shape index (κ2) is 9.72. The zero-order chi connectivity index (χ0) is 24.6. The second-order valence-electron chi connectivity index (χ2n) is 9.79. The van der Waals surface area contributed by atoms with Gasteiger partial charge in [-0.15, -0.1) is 0 Å². The fraction of sp³-hybridized carbons (Fsp3) is 0.810. The molecule has 1 spiro atoms. The third-order valence-electron chi connectivity index (χ3n) is 7.18. The van der Waals surface area contributed by atoms with Gasteiger partial charge in [0.2, 0.25) is 11.8 Å². The van der Waals surface area contributed by atoms with Gasteiger partial charge in [-0.25, -0.2) is 0 Å². The predicted octanol–water partition coefficient (Wildman–Crippen LogP) is -3.59. The van der Waals surface area contributed by atoms with E-state index in [-0.39, 0.29) is 25.6 Å². The van der Waals surface area contributed by atoms with Crippen LogP contribution in [0.1, 0.15) is 39.0 Å². The smallest absolute Gasteiger partial charge is 0.251 e. The number of aliphatic hydroxyl groups excluding tert-OH is 2. The topological polar surface area (TPSA) is 191 Å². The van der Waals surface area contributed by atoms with Gasteiger partial charge in [-0.2, -0.15) is 0 Å². The van der Waals surface area contributed by atoms with E-state index in [1.807, 2.05) is 0 Å². The van der Waals surface area contributed by atoms with Crippen LogP contribution in [0.15, 0.2) is 0 Å². The molecule has 3 rings (SSSR count). The molecule has 0 saturated carbocycles. The Balaban J connectivity index is 1.50. The molecule has 8 N–H and O–H groups in total. The predicted molar refractivity (Wildman–Crippen MR) is 118 cm³/mol. The van der Waals surface area contributed by atoms with Crippen molar-refractivity contribution < 1.29 is 29.4 Å². The molecule has 3 amide bonds. The van der Waals surface area contributed by atoms with Crippen molar-refractivity contribution in [1.82, 2.24) is 20.4 Å². The Morgan fingerprint density at radius 2 is 2.00 bits per heavy atom. The summed E-state index contributed by atoms with van der Waals surface area (Å²) in [5, 5.41) is 26.4. The zero-order valence-corrected chi connectivity index (χ0v) is 19.2. The van der Waals surface area contributed by atoms with Crippen molar-refractivity contribution in [3.8, 4) is 0 Å². The average molecular weight is 469 g/mol. The minimum absolute atomic E-state index is 0.145. The van der Waals surface area contributed by atoms with Gasteiger partial charge in [0.25, 0.3) is 5.91 Å². The summed E-state index contributed by atoms with van der Waals surface area (Å²) in [5.74, 6) is -1.48. The first kappa shape index (κ1) is 25.7. The number of hydrogen-bond donors (Lipinski definition) is 6. The van der Waals surface area contributed by atoms with Crippen molar-refractivity contribution in [2.45, 2.75) is 80.4 Å². The highest BCUT2D eigenvalue weighted by Crippen LogP contribution is 2.35. The number of aliphatic hydroxyl groups is 2. The van der Waals surface area contributed by atoms with Gasteiger partial charge in [0.05, 0.1) is 24.3 Å². The third-order valence-corrected chi connectivity index (χ3v) is 7.18. The largest absolute Gasteiger partial charge is 0.391 e. The average Bonchev–Trinajstić information content (AvgIpc) is 3.44. The Hall–Kier alpha value is -1.96. The number of nitrogens with zero attached hydrogens (tertiary/aromatic N) is 2. The molecule has 0 aromatic rings. The minimum Gasteiger partial charge on any atom is -0.391 e. The molecule has 0 aliphatic carbocycles. The van der Waals surface area contributed by atoms with Crippen LogP contribution < -0.4 is 22.1 Å². The normalized spacial score (nSPS) is 32.8. The van der Waals surface area contributed by atoms with Gasteiger partial charge in [0.15, 0.2) is 0 Å². The summed E-state index contributed by atoms with van der Waals surface area (Å²) in [5.41, 5.74) is 10.0. The van der Waals surface area contributed by atoms with E-state index >= 15 is 0 Å². The van der Waals surface area contributed by atoms with E-state index in [0.29, 0.717) is 25.8 Å². The van der Waals surface area contributed by atoms with Gasteiger partial charge in [0, 0.05) is 19.6 Å². The first-order valence-electron chi connectivity index (χ1n) is 11.4. The summed E-state index contributed by atoms with van der Waals surface area (Å²) in [6.45, 7) is 2.41. The zero-order valence-electron chi connectivity index (χ0n) is 19.2. The van der Waals surface area contributed by atoms with Crippen LogP contribution in [0.5, 0.6) is 0 Å². The molecule has 3 heterocycles. The van der Waals surface area contributed by atoms with Crippen molar-refractivity contribution in [3.63, 3.8) is 0 Å². The second-order valence-corrected chi connectivity index (χ2v) is 9.79. The van der Waals surface area contributed by atoms with Crippen LogP contribution in [0, 0.1) is 0 Å². The van der Waals surface area contributed by atoms with Gasteiger partial charge in [-0.1, -0.05) is 0 Å². The highest BCUT2D eigenvalue weighted by molar-refractivity contribution is 6.07. The van der Waals surface area contributed by atoms with Crippen molar-refractivity contribution in [1.29, 1.82) is 0 Å². The van der Waals surface area contributed by atoms with E-state index in [1.54, 1.807) is 7.05 Å².